The predicted molar refractivity (Wildman–Crippen MR) is 97.5 cm³/mol. The van der Waals surface area contributed by atoms with E-state index in [0.29, 0.717) is 5.56 Å². The van der Waals surface area contributed by atoms with Gasteiger partial charge in [-0.25, -0.2) is 4.79 Å². The zero-order valence-electron chi connectivity index (χ0n) is 14.9. The Balaban J connectivity index is 2.15. The number of hydrogen-bond acceptors (Lipinski definition) is 7. The number of carbonyl (C=O) groups is 2. The third kappa shape index (κ3) is 5.34. The van der Waals surface area contributed by atoms with Gasteiger partial charge in [0.1, 0.15) is 6.04 Å². The molecule has 0 heterocycles. The minimum Gasteiger partial charge on any atom is -0.467 e. The largest absolute Gasteiger partial charge is 0.467 e. The van der Waals surface area contributed by atoms with Crippen LogP contribution in [-0.2, 0) is 27.2 Å². The number of para-hydroxylation sites is 1. The first kappa shape index (κ1) is 20.5. The van der Waals surface area contributed by atoms with Gasteiger partial charge in [0.25, 0.3) is 11.4 Å². The standard InChI is InChI=1S/C18H17N3O7/c1-28-18(23)15(11-13-6-2-3-8-16(13)21(26)27)19-17(22)10-12-5-4-7-14(9-12)20(24)25/h2-9,15H,10-11H2,1H3,(H,19,22)/t15-/m1/s1. The number of ether oxygens (including phenoxy) is 1. The van der Waals surface area contributed by atoms with Crippen molar-refractivity contribution in [2.24, 2.45) is 0 Å². The molecule has 1 atom stereocenters. The van der Waals surface area contributed by atoms with E-state index >= 15 is 0 Å². The van der Waals surface area contributed by atoms with Gasteiger partial charge in [0.15, 0.2) is 0 Å². The number of benzene rings is 2. The fourth-order valence-electron chi connectivity index (χ4n) is 2.63. The molecule has 28 heavy (non-hydrogen) atoms. The number of nitro benzene ring substituents is 2. The summed E-state index contributed by atoms with van der Waals surface area (Å²) in [5, 5.41) is 24.4. The van der Waals surface area contributed by atoms with Crippen LogP contribution < -0.4 is 5.32 Å². The summed E-state index contributed by atoms with van der Waals surface area (Å²) in [6.07, 6.45) is -0.337. The lowest BCUT2D eigenvalue weighted by Crippen LogP contribution is -2.43. The smallest absolute Gasteiger partial charge is 0.328 e. The maximum atomic E-state index is 12.3. The zero-order chi connectivity index (χ0) is 20.7. The summed E-state index contributed by atoms with van der Waals surface area (Å²) in [6, 6.07) is 10.3. The van der Waals surface area contributed by atoms with Crippen molar-refractivity contribution in [3.8, 4) is 0 Å². The highest BCUT2D eigenvalue weighted by molar-refractivity contribution is 5.86. The van der Waals surface area contributed by atoms with E-state index in [1.165, 1.54) is 36.4 Å². The van der Waals surface area contributed by atoms with Crippen LogP contribution in [-0.4, -0.2) is 34.9 Å². The number of carbonyl (C=O) groups excluding carboxylic acids is 2. The van der Waals surface area contributed by atoms with Gasteiger partial charge in [-0.3, -0.25) is 25.0 Å². The average molecular weight is 387 g/mol. The Morgan fingerprint density at radius 3 is 2.43 bits per heavy atom. The quantitative estimate of drug-likeness (QED) is 0.414. The second-order valence-electron chi connectivity index (χ2n) is 5.84. The van der Waals surface area contributed by atoms with E-state index in [4.69, 9.17) is 0 Å². The van der Waals surface area contributed by atoms with Gasteiger partial charge in [-0.15, -0.1) is 0 Å². The molecule has 0 fully saturated rings. The fraction of sp³-hybridized carbons (Fsp3) is 0.222. The van der Waals surface area contributed by atoms with Gasteiger partial charge in [-0.1, -0.05) is 30.3 Å². The molecule has 0 bridgehead atoms. The maximum absolute atomic E-state index is 12.3. The summed E-state index contributed by atoms with van der Waals surface area (Å²) in [5.41, 5.74) is 0.318. The van der Waals surface area contributed by atoms with Gasteiger partial charge in [0.2, 0.25) is 5.91 Å². The Morgan fingerprint density at radius 2 is 1.79 bits per heavy atom. The van der Waals surface area contributed by atoms with Gasteiger partial charge >= 0.3 is 5.97 Å². The Hall–Kier alpha value is -3.82. The average Bonchev–Trinajstić information content (AvgIpc) is 2.67. The molecule has 0 aliphatic rings. The maximum Gasteiger partial charge on any atom is 0.328 e. The van der Waals surface area contributed by atoms with Crippen molar-refractivity contribution >= 4 is 23.3 Å². The van der Waals surface area contributed by atoms with Crippen LogP contribution in [0.3, 0.4) is 0 Å². The minimum absolute atomic E-state index is 0.134. The molecule has 0 saturated heterocycles. The Labute approximate surface area is 159 Å². The Bertz CT molecular complexity index is 914. The number of non-ortho nitro benzene ring substituents is 1. The predicted octanol–water partition coefficient (Wildman–Crippen LogP) is 1.95. The topological polar surface area (TPSA) is 142 Å². The number of amides is 1. The minimum atomic E-state index is -1.14. The summed E-state index contributed by atoms with van der Waals surface area (Å²) in [6.45, 7) is 0. The van der Waals surface area contributed by atoms with Crippen molar-refractivity contribution < 1.29 is 24.2 Å². The molecule has 2 rings (SSSR count). The SMILES string of the molecule is COC(=O)[C@@H](Cc1ccccc1[N+](=O)[O-])NC(=O)Cc1cccc([N+](=O)[O-])c1. The molecule has 0 unspecified atom stereocenters. The molecule has 1 N–H and O–H groups in total. The van der Waals surface area contributed by atoms with Crippen molar-refractivity contribution in [1.29, 1.82) is 0 Å². The number of methoxy groups -OCH3 is 1. The van der Waals surface area contributed by atoms with E-state index in [1.54, 1.807) is 12.1 Å². The van der Waals surface area contributed by atoms with Crippen LogP contribution in [0.25, 0.3) is 0 Å². The van der Waals surface area contributed by atoms with E-state index in [-0.39, 0.29) is 29.8 Å². The second-order valence-corrected chi connectivity index (χ2v) is 5.84. The molecule has 0 aliphatic carbocycles. The lowest BCUT2D eigenvalue weighted by atomic mass is 10.0. The van der Waals surface area contributed by atoms with Gasteiger partial charge in [0, 0.05) is 30.2 Å². The number of nitrogens with zero attached hydrogens (tertiary/aromatic N) is 2. The van der Waals surface area contributed by atoms with Crippen LogP contribution in [0.5, 0.6) is 0 Å². The number of hydrogen-bond donors (Lipinski definition) is 1. The number of nitrogens with one attached hydrogen (secondary N) is 1. The summed E-state index contributed by atoms with van der Waals surface area (Å²) in [7, 11) is 1.14. The van der Waals surface area contributed by atoms with E-state index in [0.717, 1.165) is 7.11 Å². The van der Waals surface area contributed by atoms with Gasteiger partial charge in [-0.05, 0) is 5.56 Å². The molecule has 0 aliphatic heterocycles. The van der Waals surface area contributed by atoms with Gasteiger partial charge < -0.3 is 10.1 Å². The normalized spacial score (nSPS) is 11.3. The van der Waals surface area contributed by atoms with Crippen molar-refractivity contribution in [2.75, 3.05) is 7.11 Å². The molecule has 0 aromatic heterocycles. The second kappa shape index (κ2) is 9.21. The number of rotatable bonds is 8. The summed E-state index contributed by atoms with van der Waals surface area (Å²) in [5.74, 6) is -1.33. The molecular formula is C18H17N3O7. The van der Waals surface area contributed by atoms with Crippen molar-refractivity contribution in [1.82, 2.24) is 5.32 Å². The van der Waals surface area contributed by atoms with Crippen LogP contribution in [0, 0.1) is 20.2 Å². The first-order valence-corrected chi connectivity index (χ1v) is 8.14. The summed E-state index contributed by atoms with van der Waals surface area (Å²) < 4.78 is 4.67. The van der Waals surface area contributed by atoms with Crippen LogP contribution in [0.1, 0.15) is 11.1 Å². The number of esters is 1. The summed E-state index contributed by atoms with van der Waals surface area (Å²) >= 11 is 0. The molecule has 1 amide bonds. The zero-order valence-corrected chi connectivity index (χ0v) is 14.9. The van der Waals surface area contributed by atoms with Crippen LogP contribution in [0.15, 0.2) is 48.5 Å². The van der Waals surface area contributed by atoms with Crippen LogP contribution in [0.2, 0.25) is 0 Å². The Morgan fingerprint density at radius 1 is 1.07 bits per heavy atom. The van der Waals surface area contributed by atoms with E-state index in [2.05, 4.69) is 10.1 Å². The first-order valence-electron chi connectivity index (χ1n) is 8.14. The van der Waals surface area contributed by atoms with Gasteiger partial charge in [-0.2, -0.15) is 0 Å². The molecule has 0 spiro atoms. The highest BCUT2D eigenvalue weighted by atomic mass is 16.6. The molecule has 2 aromatic carbocycles. The van der Waals surface area contributed by atoms with Crippen molar-refractivity contribution in [3.63, 3.8) is 0 Å². The van der Waals surface area contributed by atoms with E-state index in [1.807, 2.05) is 0 Å². The number of nitro groups is 2. The lowest BCUT2D eigenvalue weighted by molar-refractivity contribution is -0.385. The molecule has 10 nitrogen and oxygen atoms in total. The molecule has 2 aromatic rings. The highest BCUT2D eigenvalue weighted by Crippen LogP contribution is 2.20. The van der Waals surface area contributed by atoms with Crippen LogP contribution in [0.4, 0.5) is 11.4 Å². The molecule has 146 valence electrons. The Kier molecular flexibility index (Phi) is 6.74. The summed E-state index contributed by atoms with van der Waals surface area (Å²) in [4.78, 5) is 45.2. The van der Waals surface area contributed by atoms with Crippen molar-refractivity contribution in [3.05, 3.63) is 79.9 Å². The van der Waals surface area contributed by atoms with E-state index in [9.17, 15) is 29.8 Å². The monoisotopic (exact) mass is 387 g/mol. The fourth-order valence-corrected chi connectivity index (χ4v) is 2.63. The molecule has 0 saturated carbocycles. The lowest BCUT2D eigenvalue weighted by Gasteiger charge is -2.16. The van der Waals surface area contributed by atoms with Crippen molar-refractivity contribution in [2.45, 2.75) is 18.9 Å². The van der Waals surface area contributed by atoms with E-state index < -0.39 is 27.8 Å². The van der Waals surface area contributed by atoms with Crippen LogP contribution >= 0.6 is 0 Å². The third-order valence-corrected chi connectivity index (χ3v) is 3.92. The third-order valence-electron chi connectivity index (χ3n) is 3.92. The molecular weight excluding hydrogens is 370 g/mol. The highest BCUT2D eigenvalue weighted by Gasteiger charge is 2.25. The first-order chi connectivity index (χ1) is 13.3. The molecule has 10 heteroatoms. The van der Waals surface area contributed by atoms with Gasteiger partial charge in [0.05, 0.1) is 23.4 Å². The molecule has 0 radical (unpaired) electrons.